The maximum Gasteiger partial charge on any atom is 0.243 e. The van der Waals surface area contributed by atoms with E-state index in [9.17, 15) is 4.79 Å². The molecule has 0 aliphatic carbocycles. The van der Waals surface area contributed by atoms with Crippen LogP contribution in [0.1, 0.15) is 31.4 Å². The lowest BCUT2D eigenvalue weighted by Crippen LogP contribution is -2.43. The molecule has 1 atom stereocenters. The second-order valence-electron chi connectivity index (χ2n) is 6.22. The van der Waals surface area contributed by atoms with Crippen molar-refractivity contribution in [1.29, 1.82) is 0 Å². The number of benzene rings is 1. The molecule has 23 heavy (non-hydrogen) atoms. The van der Waals surface area contributed by atoms with Gasteiger partial charge in [-0.2, -0.15) is 0 Å². The van der Waals surface area contributed by atoms with Gasteiger partial charge in [-0.05, 0) is 25.8 Å². The van der Waals surface area contributed by atoms with Crippen molar-refractivity contribution in [1.82, 2.24) is 15.1 Å². The fourth-order valence-corrected chi connectivity index (χ4v) is 1.93. The third kappa shape index (κ3) is 6.72. The van der Waals surface area contributed by atoms with Gasteiger partial charge in [0.15, 0.2) is 5.96 Å². The van der Waals surface area contributed by atoms with Crippen LogP contribution in [-0.2, 0) is 11.3 Å². The highest BCUT2D eigenvalue weighted by Crippen LogP contribution is 2.06. The highest BCUT2D eigenvalue weighted by Gasteiger charge is 2.11. The average molecular weight is 318 g/mol. The van der Waals surface area contributed by atoms with Gasteiger partial charge in [-0.25, -0.2) is 4.99 Å². The maximum atomic E-state index is 11.8. The van der Waals surface area contributed by atoms with Gasteiger partial charge in [-0.15, -0.1) is 0 Å². The number of guanidine groups is 1. The number of carbonyl (C=O) groups is 1. The van der Waals surface area contributed by atoms with E-state index in [-0.39, 0.29) is 12.5 Å². The summed E-state index contributed by atoms with van der Waals surface area (Å²) in [5.41, 5.74) is 2.47. The SMILES string of the molecule is CCC(C)NC(=NCC(=O)N(C)C)N(C)Cc1ccc(C)cc1. The fraction of sp³-hybridized carbons (Fsp3) is 0.556. The lowest BCUT2D eigenvalue weighted by Gasteiger charge is -2.25. The van der Waals surface area contributed by atoms with Crippen molar-refractivity contribution in [2.45, 2.75) is 39.8 Å². The molecule has 1 N–H and O–H groups in total. The third-order valence-electron chi connectivity index (χ3n) is 3.75. The van der Waals surface area contributed by atoms with Crippen LogP contribution in [0.5, 0.6) is 0 Å². The van der Waals surface area contributed by atoms with E-state index >= 15 is 0 Å². The van der Waals surface area contributed by atoms with Crippen LogP contribution in [0.25, 0.3) is 0 Å². The van der Waals surface area contributed by atoms with Gasteiger partial charge >= 0.3 is 0 Å². The van der Waals surface area contributed by atoms with E-state index in [1.165, 1.54) is 11.1 Å². The van der Waals surface area contributed by atoms with Gasteiger partial charge in [-0.1, -0.05) is 36.8 Å². The molecule has 1 unspecified atom stereocenters. The van der Waals surface area contributed by atoms with Crippen LogP contribution < -0.4 is 5.32 Å². The number of nitrogens with one attached hydrogen (secondary N) is 1. The number of aryl methyl sites for hydroxylation is 1. The van der Waals surface area contributed by atoms with Gasteiger partial charge in [0.1, 0.15) is 6.54 Å². The molecule has 1 amide bonds. The minimum atomic E-state index is -0.00260. The molecule has 5 nitrogen and oxygen atoms in total. The first kappa shape index (κ1) is 19.0. The summed E-state index contributed by atoms with van der Waals surface area (Å²) in [6.07, 6.45) is 0.999. The van der Waals surface area contributed by atoms with E-state index in [1.807, 2.05) is 7.05 Å². The Morgan fingerprint density at radius 1 is 1.22 bits per heavy atom. The van der Waals surface area contributed by atoms with Crippen molar-refractivity contribution in [3.05, 3.63) is 35.4 Å². The predicted molar refractivity (Wildman–Crippen MR) is 96.5 cm³/mol. The van der Waals surface area contributed by atoms with E-state index < -0.39 is 0 Å². The molecule has 0 aliphatic rings. The number of amides is 1. The molecule has 1 aromatic rings. The molecule has 128 valence electrons. The van der Waals surface area contributed by atoms with Crippen molar-refractivity contribution < 1.29 is 4.79 Å². The Balaban J connectivity index is 2.82. The molecular formula is C18H30N4O. The molecule has 0 radical (unpaired) electrons. The van der Waals surface area contributed by atoms with E-state index in [0.717, 1.165) is 18.9 Å². The zero-order valence-electron chi connectivity index (χ0n) is 15.3. The van der Waals surface area contributed by atoms with Crippen LogP contribution in [-0.4, -0.2) is 55.4 Å². The molecule has 0 spiro atoms. The standard InChI is InChI=1S/C18H30N4O/c1-7-15(3)20-18(19-12-17(23)21(4)5)22(6)13-16-10-8-14(2)9-11-16/h8-11,15H,7,12-13H2,1-6H3,(H,19,20). The Kier molecular flexibility index (Phi) is 7.59. The molecule has 5 heteroatoms. The number of aliphatic imine (C=N–C) groups is 1. The summed E-state index contributed by atoms with van der Waals surface area (Å²) >= 11 is 0. The number of rotatable bonds is 6. The van der Waals surface area contributed by atoms with E-state index in [0.29, 0.717) is 6.04 Å². The highest BCUT2D eigenvalue weighted by atomic mass is 16.2. The number of carbonyl (C=O) groups excluding carboxylic acids is 1. The van der Waals surface area contributed by atoms with Gasteiger partial charge in [0.25, 0.3) is 0 Å². The third-order valence-corrected chi connectivity index (χ3v) is 3.75. The van der Waals surface area contributed by atoms with Gasteiger partial charge in [0, 0.05) is 33.7 Å². The second-order valence-corrected chi connectivity index (χ2v) is 6.22. The Bertz CT molecular complexity index is 522. The zero-order chi connectivity index (χ0) is 17.4. The van der Waals surface area contributed by atoms with Crippen molar-refractivity contribution in [3.63, 3.8) is 0 Å². The van der Waals surface area contributed by atoms with Crippen molar-refractivity contribution in [3.8, 4) is 0 Å². The average Bonchev–Trinajstić information content (AvgIpc) is 2.52. The van der Waals surface area contributed by atoms with Gasteiger partial charge in [0.05, 0.1) is 0 Å². The minimum absolute atomic E-state index is 0.00260. The Hall–Kier alpha value is -2.04. The zero-order valence-corrected chi connectivity index (χ0v) is 15.3. The Labute approximate surface area is 140 Å². The summed E-state index contributed by atoms with van der Waals surface area (Å²) < 4.78 is 0. The van der Waals surface area contributed by atoms with Crippen LogP contribution >= 0.6 is 0 Å². The quantitative estimate of drug-likeness (QED) is 0.646. The first-order valence-electron chi connectivity index (χ1n) is 8.11. The summed E-state index contributed by atoms with van der Waals surface area (Å²) in [5.74, 6) is 0.757. The van der Waals surface area contributed by atoms with Crippen LogP contribution in [0.15, 0.2) is 29.3 Å². The van der Waals surface area contributed by atoms with Gasteiger partial charge < -0.3 is 15.1 Å². The highest BCUT2D eigenvalue weighted by molar-refractivity contribution is 5.84. The topological polar surface area (TPSA) is 47.9 Å². The first-order valence-corrected chi connectivity index (χ1v) is 8.11. The van der Waals surface area contributed by atoms with Gasteiger partial charge in [0.2, 0.25) is 5.91 Å². The van der Waals surface area contributed by atoms with Crippen molar-refractivity contribution >= 4 is 11.9 Å². The van der Waals surface area contributed by atoms with Crippen molar-refractivity contribution in [2.75, 3.05) is 27.7 Å². The molecule has 0 saturated heterocycles. The molecule has 0 saturated carbocycles. The van der Waals surface area contributed by atoms with Crippen LogP contribution in [0.2, 0.25) is 0 Å². The number of likely N-dealkylation sites (N-methyl/N-ethyl adjacent to an activating group) is 1. The molecule has 1 aromatic carbocycles. The van der Waals surface area contributed by atoms with Gasteiger partial charge in [-0.3, -0.25) is 4.79 Å². The van der Waals surface area contributed by atoms with E-state index in [4.69, 9.17) is 0 Å². The summed E-state index contributed by atoms with van der Waals surface area (Å²) in [5, 5.41) is 3.40. The molecular weight excluding hydrogens is 288 g/mol. The summed E-state index contributed by atoms with van der Waals surface area (Å²) in [6.45, 7) is 7.23. The normalized spacial score (nSPS) is 12.7. The molecule has 0 fully saturated rings. The Morgan fingerprint density at radius 2 is 1.83 bits per heavy atom. The van der Waals surface area contributed by atoms with Crippen LogP contribution in [0.4, 0.5) is 0 Å². The summed E-state index contributed by atoms with van der Waals surface area (Å²) in [4.78, 5) is 19.9. The second kappa shape index (κ2) is 9.18. The fourth-order valence-electron chi connectivity index (χ4n) is 1.93. The van der Waals surface area contributed by atoms with E-state index in [1.54, 1.807) is 19.0 Å². The predicted octanol–water partition coefficient (Wildman–Crippen LogP) is 2.26. The number of hydrogen-bond acceptors (Lipinski definition) is 2. The molecule has 0 aromatic heterocycles. The molecule has 0 heterocycles. The lowest BCUT2D eigenvalue weighted by molar-refractivity contribution is -0.127. The molecule has 1 rings (SSSR count). The summed E-state index contributed by atoms with van der Waals surface area (Å²) in [7, 11) is 5.49. The first-order chi connectivity index (χ1) is 10.8. The smallest absolute Gasteiger partial charge is 0.243 e. The largest absolute Gasteiger partial charge is 0.354 e. The monoisotopic (exact) mass is 318 g/mol. The van der Waals surface area contributed by atoms with Crippen molar-refractivity contribution in [2.24, 2.45) is 4.99 Å². The molecule has 0 bridgehead atoms. The van der Waals surface area contributed by atoms with E-state index in [2.05, 4.69) is 60.2 Å². The molecule has 0 aliphatic heterocycles. The van der Waals surface area contributed by atoms with Crippen LogP contribution in [0.3, 0.4) is 0 Å². The van der Waals surface area contributed by atoms with Crippen LogP contribution in [0, 0.1) is 6.92 Å². The number of hydrogen-bond donors (Lipinski definition) is 1. The lowest BCUT2D eigenvalue weighted by atomic mass is 10.1. The summed E-state index contributed by atoms with van der Waals surface area (Å²) in [6, 6.07) is 8.77. The maximum absolute atomic E-state index is 11.8. The Morgan fingerprint density at radius 3 is 2.35 bits per heavy atom. The minimum Gasteiger partial charge on any atom is -0.354 e. The number of nitrogens with zero attached hydrogens (tertiary/aromatic N) is 3.